The van der Waals surface area contributed by atoms with Gasteiger partial charge >= 0.3 is 0 Å². The zero-order valence-electron chi connectivity index (χ0n) is 9.13. The molecular weight excluding hydrogens is 268 g/mol. The molecule has 0 aliphatic carbocycles. The molecular formula is C11H16Cl3NO. The predicted molar refractivity (Wildman–Crippen MR) is 71.9 cm³/mol. The van der Waals surface area contributed by atoms with Crippen molar-refractivity contribution < 1.29 is 4.74 Å². The zero-order valence-corrected chi connectivity index (χ0v) is 11.5. The summed E-state index contributed by atoms with van der Waals surface area (Å²) in [7, 11) is 1.70. The Balaban J connectivity index is 0.00000225. The van der Waals surface area contributed by atoms with Crippen LogP contribution in [-0.4, -0.2) is 20.3 Å². The number of benzene rings is 1. The lowest BCUT2D eigenvalue weighted by Crippen LogP contribution is -2.16. The van der Waals surface area contributed by atoms with E-state index in [9.17, 15) is 0 Å². The van der Waals surface area contributed by atoms with Crippen LogP contribution in [0.15, 0.2) is 18.2 Å². The molecule has 0 amide bonds. The average molecular weight is 285 g/mol. The first kappa shape index (κ1) is 16.0. The van der Waals surface area contributed by atoms with Gasteiger partial charge in [-0.15, -0.1) is 12.4 Å². The Morgan fingerprint density at radius 1 is 1.31 bits per heavy atom. The summed E-state index contributed by atoms with van der Waals surface area (Å²) in [6.45, 7) is 2.47. The van der Waals surface area contributed by atoms with Gasteiger partial charge in [-0.3, -0.25) is 0 Å². The molecule has 0 spiro atoms. The van der Waals surface area contributed by atoms with Gasteiger partial charge in [-0.05, 0) is 30.7 Å². The monoisotopic (exact) mass is 283 g/mol. The molecule has 0 aromatic heterocycles. The van der Waals surface area contributed by atoms with Crippen molar-refractivity contribution in [1.29, 1.82) is 0 Å². The normalized spacial score (nSPS) is 9.94. The quantitative estimate of drug-likeness (QED) is 0.807. The highest BCUT2D eigenvalue weighted by atomic mass is 35.5. The van der Waals surface area contributed by atoms with E-state index in [1.54, 1.807) is 13.2 Å². The van der Waals surface area contributed by atoms with Crippen LogP contribution in [0.4, 0.5) is 0 Å². The molecule has 5 heteroatoms. The smallest absolute Gasteiger partial charge is 0.0474 e. The maximum atomic E-state index is 6.02. The van der Waals surface area contributed by atoms with Crippen LogP contribution in [0.25, 0.3) is 0 Å². The van der Waals surface area contributed by atoms with Crippen molar-refractivity contribution >= 4 is 35.6 Å². The minimum Gasteiger partial charge on any atom is -0.385 e. The average Bonchev–Trinajstić information content (AvgIpc) is 2.20. The summed E-state index contributed by atoms with van der Waals surface area (Å²) in [5.74, 6) is 0. The van der Waals surface area contributed by atoms with E-state index in [4.69, 9.17) is 27.9 Å². The molecule has 16 heavy (non-hydrogen) atoms. The summed E-state index contributed by atoms with van der Waals surface area (Å²) < 4.78 is 4.95. The fourth-order valence-corrected chi connectivity index (χ4v) is 1.70. The van der Waals surface area contributed by atoms with E-state index < -0.39 is 0 Å². The topological polar surface area (TPSA) is 21.3 Å². The molecule has 0 unspecified atom stereocenters. The first-order valence-electron chi connectivity index (χ1n) is 4.87. The highest BCUT2D eigenvalue weighted by Crippen LogP contribution is 2.20. The second-order valence-electron chi connectivity index (χ2n) is 3.26. The predicted octanol–water partition coefficient (Wildman–Crippen LogP) is 3.54. The van der Waals surface area contributed by atoms with E-state index in [0.29, 0.717) is 10.0 Å². The van der Waals surface area contributed by atoms with Gasteiger partial charge in [0.1, 0.15) is 0 Å². The highest BCUT2D eigenvalue weighted by Gasteiger charge is 2.00. The summed E-state index contributed by atoms with van der Waals surface area (Å²) in [6.07, 6.45) is 1.00. The van der Waals surface area contributed by atoms with Gasteiger partial charge in [-0.1, -0.05) is 29.3 Å². The summed E-state index contributed by atoms with van der Waals surface area (Å²) in [5.41, 5.74) is 1.07. The molecule has 1 N–H and O–H groups in total. The minimum atomic E-state index is 0. The van der Waals surface area contributed by atoms with Crippen molar-refractivity contribution in [1.82, 2.24) is 5.32 Å². The van der Waals surface area contributed by atoms with Gasteiger partial charge in [0, 0.05) is 30.3 Å². The molecule has 0 heterocycles. The highest BCUT2D eigenvalue weighted by molar-refractivity contribution is 6.35. The van der Waals surface area contributed by atoms with E-state index in [2.05, 4.69) is 5.32 Å². The lowest BCUT2D eigenvalue weighted by atomic mass is 10.2. The molecule has 1 rings (SSSR count). The standard InChI is InChI=1S/C11H15Cl2NO.ClH/c1-15-6-2-5-14-8-9-3-4-10(12)7-11(9)13;/h3-4,7,14H,2,5-6,8H2,1H3;1H. The molecule has 0 fully saturated rings. The van der Waals surface area contributed by atoms with E-state index >= 15 is 0 Å². The largest absolute Gasteiger partial charge is 0.385 e. The van der Waals surface area contributed by atoms with Crippen molar-refractivity contribution in [2.45, 2.75) is 13.0 Å². The minimum absolute atomic E-state index is 0. The van der Waals surface area contributed by atoms with Crippen molar-refractivity contribution in [3.8, 4) is 0 Å². The molecule has 0 aliphatic rings. The van der Waals surface area contributed by atoms with Gasteiger partial charge in [0.15, 0.2) is 0 Å². The third kappa shape index (κ3) is 5.92. The molecule has 0 radical (unpaired) electrons. The van der Waals surface area contributed by atoms with Crippen molar-refractivity contribution in [3.63, 3.8) is 0 Å². The first-order valence-corrected chi connectivity index (χ1v) is 5.63. The number of ether oxygens (including phenoxy) is 1. The Bertz CT molecular complexity index is 307. The number of hydrogen-bond acceptors (Lipinski definition) is 2. The van der Waals surface area contributed by atoms with Crippen molar-refractivity contribution in [2.24, 2.45) is 0 Å². The summed E-state index contributed by atoms with van der Waals surface area (Å²) in [5, 5.41) is 4.67. The van der Waals surface area contributed by atoms with Crippen LogP contribution in [0.2, 0.25) is 10.0 Å². The van der Waals surface area contributed by atoms with Gasteiger partial charge in [0.25, 0.3) is 0 Å². The summed E-state index contributed by atoms with van der Waals surface area (Å²) in [6, 6.07) is 5.54. The van der Waals surface area contributed by atoms with Crippen LogP contribution in [0.5, 0.6) is 0 Å². The van der Waals surface area contributed by atoms with Gasteiger partial charge in [-0.25, -0.2) is 0 Å². The number of methoxy groups -OCH3 is 1. The fourth-order valence-electron chi connectivity index (χ4n) is 1.23. The van der Waals surface area contributed by atoms with E-state index in [1.165, 1.54) is 0 Å². The van der Waals surface area contributed by atoms with E-state index in [0.717, 1.165) is 31.7 Å². The van der Waals surface area contributed by atoms with Gasteiger partial charge in [-0.2, -0.15) is 0 Å². The Morgan fingerprint density at radius 3 is 2.69 bits per heavy atom. The molecule has 0 saturated heterocycles. The second kappa shape index (κ2) is 9.08. The van der Waals surface area contributed by atoms with Crippen LogP contribution >= 0.6 is 35.6 Å². The molecule has 0 aliphatic heterocycles. The Labute approximate surface area is 113 Å². The van der Waals surface area contributed by atoms with Crippen molar-refractivity contribution in [3.05, 3.63) is 33.8 Å². The fraction of sp³-hybridized carbons (Fsp3) is 0.455. The molecule has 92 valence electrons. The van der Waals surface area contributed by atoms with Crippen LogP contribution in [0.3, 0.4) is 0 Å². The Kier molecular flexibility index (Phi) is 9.09. The van der Waals surface area contributed by atoms with E-state index in [-0.39, 0.29) is 12.4 Å². The summed E-state index contributed by atoms with van der Waals surface area (Å²) in [4.78, 5) is 0. The number of nitrogens with one attached hydrogen (secondary N) is 1. The molecule has 1 aromatic carbocycles. The summed E-state index contributed by atoms with van der Waals surface area (Å²) >= 11 is 11.8. The lowest BCUT2D eigenvalue weighted by Gasteiger charge is -2.06. The molecule has 0 bridgehead atoms. The zero-order chi connectivity index (χ0) is 11.1. The second-order valence-corrected chi connectivity index (χ2v) is 4.10. The van der Waals surface area contributed by atoms with Gasteiger partial charge < -0.3 is 10.1 Å². The van der Waals surface area contributed by atoms with Crippen LogP contribution < -0.4 is 5.32 Å². The maximum Gasteiger partial charge on any atom is 0.0474 e. The molecule has 0 atom stereocenters. The lowest BCUT2D eigenvalue weighted by molar-refractivity contribution is 0.194. The van der Waals surface area contributed by atoms with Crippen LogP contribution in [0.1, 0.15) is 12.0 Å². The third-order valence-electron chi connectivity index (χ3n) is 2.03. The number of hydrogen-bond donors (Lipinski definition) is 1. The van der Waals surface area contributed by atoms with Gasteiger partial charge in [0.05, 0.1) is 0 Å². The first-order chi connectivity index (χ1) is 7.24. The van der Waals surface area contributed by atoms with Crippen molar-refractivity contribution in [2.75, 3.05) is 20.3 Å². The van der Waals surface area contributed by atoms with Crippen LogP contribution in [-0.2, 0) is 11.3 Å². The molecule has 2 nitrogen and oxygen atoms in total. The third-order valence-corrected chi connectivity index (χ3v) is 2.62. The number of halogens is 3. The van der Waals surface area contributed by atoms with E-state index in [1.807, 2.05) is 12.1 Å². The molecule has 0 saturated carbocycles. The SMILES string of the molecule is COCCCNCc1ccc(Cl)cc1Cl.Cl. The van der Waals surface area contributed by atoms with Gasteiger partial charge in [0.2, 0.25) is 0 Å². The Morgan fingerprint density at radius 2 is 2.06 bits per heavy atom. The van der Waals surface area contributed by atoms with Crippen LogP contribution in [0, 0.1) is 0 Å². The number of rotatable bonds is 6. The Hall–Kier alpha value is 0.01000. The molecule has 1 aromatic rings. The maximum absolute atomic E-state index is 6.02.